The summed E-state index contributed by atoms with van der Waals surface area (Å²) in [6.07, 6.45) is 1.22. The quantitative estimate of drug-likeness (QED) is 0.913. The van der Waals surface area contributed by atoms with Gasteiger partial charge in [-0.2, -0.15) is 0 Å². The van der Waals surface area contributed by atoms with E-state index < -0.39 is 0 Å². The monoisotopic (exact) mass is 345 g/mol. The molecule has 1 fully saturated rings. The first-order chi connectivity index (χ1) is 10.3. The van der Waals surface area contributed by atoms with Crippen LogP contribution in [-0.4, -0.2) is 12.8 Å². The van der Waals surface area contributed by atoms with Crippen LogP contribution in [0.4, 0.5) is 0 Å². The average molecular weight is 346 g/mol. The van der Waals surface area contributed by atoms with Crippen LogP contribution >= 0.6 is 15.9 Å². The fourth-order valence-corrected chi connectivity index (χ4v) is 3.46. The Labute approximate surface area is 132 Å². The zero-order valence-corrected chi connectivity index (χ0v) is 13.1. The van der Waals surface area contributed by atoms with Gasteiger partial charge in [0, 0.05) is 18.5 Å². The lowest BCUT2D eigenvalue weighted by atomic mass is 10.1. The van der Waals surface area contributed by atoms with Gasteiger partial charge in [0.2, 0.25) is 6.79 Å². The van der Waals surface area contributed by atoms with Crippen molar-refractivity contribution in [1.82, 2.24) is 5.32 Å². The molecule has 0 spiro atoms. The molecule has 2 aromatic carbocycles. The number of nitrogens with one attached hydrogen (secondary N) is 1. The summed E-state index contributed by atoms with van der Waals surface area (Å²) in [7, 11) is 0. The Balaban J connectivity index is 1.39. The fourth-order valence-electron chi connectivity index (χ4n) is 2.86. The van der Waals surface area contributed by atoms with Crippen LogP contribution in [0.3, 0.4) is 0 Å². The van der Waals surface area contributed by atoms with E-state index in [0.717, 1.165) is 22.5 Å². The second-order valence-corrected chi connectivity index (χ2v) is 6.41. The maximum Gasteiger partial charge on any atom is 0.231 e. The van der Waals surface area contributed by atoms with Crippen molar-refractivity contribution in [2.45, 2.75) is 24.9 Å². The molecule has 0 amide bonds. The van der Waals surface area contributed by atoms with Gasteiger partial charge in [-0.1, -0.05) is 30.3 Å². The Hall–Kier alpha value is -1.52. The lowest BCUT2D eigenvalue weighted by molar-refractivity contribution is 0.173. The summed E-state index contributed by atoms with van der Waals surface area (Å²) >= 11 is 3.54. The molecule has 108 valence electrons. The van der Waals surface area contributed by atoms with Crippen LogP contribution in [0.5, 0.6) is 11.5 Å². The van der Waals surface area contributed by atoms with Crippen molar-refractivity contribution in [2.75, 3.05) is 6.79 Å². The highest BCUT2D eigenvalue weighted by atomic mass is 79.9. The number of halogens is 1. The molecule has 2 aliphatic rings. The lowest BCUT2D eigenvalue weighted by Crippen LogP contribution is -2.17. The molecular formula is C17H16BrNO2. The second-order valence-electron chi connectivity index (χ2n) is 5.55. The first-order valence-corrected chi connectivity index (χ1v) is 7.97. The first-order valence-electron chi connectivity index (χ1n) is 7.17. The predicted octanol–water partition coefficient (Wildman–Crippen LogP) is 3.82. The van der Waals surface area contributed by atoms with Crippen LogP contribution in [0.15, 0.2) is 46.9 Å². The van der Waals surface area contributed by atoms with E-state index >= 15 is 0 Å². The third-order valence-corrected chi connectivity index (χ3v) is 4.66. The maximum atomic E-state index is 5.45. The standard InChI is InChI=1S/C17H16BrNO2/c18-14-6-11(7-16-17(14)21-10-20-16)9-19-15-8-13(15)12-4-2-1-3-5-12/h1-7,13,15,19H,8-10H2. The predicted molar refractivity (Wildman–Crippen MR) is 84.7 cm³/mol. The highest BCUT2D eigenvalue weighted by Gasteiger charge is 2.37. The number of fused-ring (bicyclic) bond motifs is 1. The summed E-state index contributed by atoms with van der Waals surface area (Å²) in [4.78, 5) is 0. The average Bonchev–Trinajstić information content (AvgIpc) is 3.13. The SMILES string of the molecule is Brc1cc(CNC2CC2c2ccccc2)cc2c1OCO2. The van der Waals surface area contributed by atoms with E-state index in [1.165, 1.54) is 17.5 Å². The third kappa shape index (κ3) is 2.65. The number of hydrogen-bond acceptors (Lipinski definition) is 3. The van der Waals surface area contributed by atoms with Gasteiger partial charge >= 0.3 is 0 Å². The zero-order chi connectivity index (χ0) is 14.2. The molecular weight excluding hydrogens is 330 g/mol. The van der Waals surface area contributed by atoms with E-state index in [1.54, 1.807) is 0 Å². The number of rotatable bonds is 4. The van der Waals surface area contributed by atoms with Gasteiger partial charge in [-0.3, -0.25) is 0 Å². The van der Waals surface area contributed by atoms with Crippen LogP contribution in [-0.2, 0) is 6.54 Å². The Kier molecular flexibility index (Phi) is 3.36. The van der Waals surface area contributed by atoms with Crippen molar-refractivity contribution < 1.29 is 9.47 Å². The van der Waals surface area contributed by atoms with Crippen LogP contribution in [0.25, 0.3) is 0 Å². The molecule has 1 heterocycles. The second kappa shape index (κ2) is 5.35. The molecule has 0 aromatic heterocycles. The minimum absolute atomic E-state index is 0.309. The lowest BCUT2D eigenvalue weighted by Gasteiger charge is -2.07. The van der Waals surface area contributed by atoms with E-state index in [2.05, 4.69) is 63.7 Å². The number of benzene rings is 2. The summed E-state index contributed by atoms with van der Waals surface area (Å²) < 4.78 is 11.8. The molecule has 2 aromatic rings. The van der Waals surface area contributed by atoms with Gasteiger partial charge in [0.25, 0.3) is 0 Å². The van der Waals surface area contributed by atoms with Gasteiger partial charge in [0.05, 0.1) is 4.47 Å². The Morgan fingerprint density at radius 2 is 2.00 bits per heavy atom. The molecule has 0 saturated heterocycles. The smallest absolute Gasteiger partial charge is 0.231 e. The van der Waals surface area contributed by atoms with E-state index in [-0.39, 0.29) is 0 Å². The largest absolute Gasteiger partial charge is 0.454 e. The van der Waals surface area contributed by atoms with Crippen LogP contribution in [0.2, 0.25) is 0 Å². The van der Waals surface area contributed by atoms with Crippen molar-refractivity contribution in [3.8, 4) is 11.5 Å². The number of ether oxygens (including phenoxy) is 2. The van der Waals surface area contributed by atoms with Gasteiger partial charge < -0.3 is 14.8 Å². The molecule has 1 N–H and O–H groups in total. The van der Waals surface area contributed by atoms with E-state index in [0.29, 0.717) is 18.8 Å². The molecule has 4 heteroatoms. The van der Waals surface area contributed by atoms with E-state index in [4.69, 9.17) is 9.47 Å². The summed E-state index contributed by atoms with van der Waals surface area (Å²) in [6, 6.07) is 15.4. The van der Waals surface area contributed by atoms with Gasteiger partial charge in [-0.15, -0.1) is 0 Å². The van der Waals surface area contributed by atoms with Crippen molar-refractivity contribution in [2.24, 2.45) is 0 Å². The third-order valence-electron chi connectivity index (χ3n) is 4.07. The van der Waals surface area contributed by atoms with E-state index in [9.17, 15) is 0 Å². The topological polar surface area (TPSA) is 30.5 Å². The van der Waals surface area contributed by atoms with Crippen molar-refractivity contribution in [3.63, 3.8) is 0 Å². The van der Waals surface area contributed by atoms with Crippen molar-refractivity contribution >= 4 is 15.9 Å². The van der Waals surface area contributed by atoms with Crippen LogP contribution < -0.4 is 14.8 Å². The molecule has 0 radical (unpaired) electrons. The van der Waals surface area contributed by atoms with E-state index in [1.807, 2.05) is 0 Å². The summed E-state index contributed by atoms with van der Waals surface area (Å²) in [6.45, 7) is 1.16. The molecule has 1 aliphatic heterocycles. The molecule has 1 aliphatic carbocycles. The van der Waals surface area contributed by atoms with Gasteiger partial charge in [-0.25, -0.2) is 0 Å². The van der Waals surface area contributed by atoms with Crippen LogP contribution in [0, 0.1) is 0 Å². The molecule has 2 atom stereocenters. The zero-order valence-electron chi connectivity index (χ0n) is 11.5. The highest BCUT2D eigenvalue weighted by molar-refractivity contribution is 9.10. The maximum absolute atomic E-state index is 5.45. The fraction of sp³-hybridized carbons (Fsp3) is 0.294. The summed E-state index contributed by atoms with van der Waals surface area (Å²) in [5.74, 6) is 2.30. The minimum Gasteiger partial charge on any atom is -0.454 e. The molecule has 4 rings (SSSR count). The van der Waals surface area contributed by atoms with Crippen molar-refractivity contribution in [3.05, 3.63) is 58.1 Å². The normalized spacial score (nSPS) is 22.3. The molecule has 21 heavy (non-hydrogen) atoms. The highest BCUT2D eigenvalue weighted by Crippen LogP contribution is 2.42. The Morgan fingerprint density at radius 1 is 1.14 bits per heavy atom. The van der Waals surface area contributed by atoms with Gasteiger partial charge in [-0.05, 0) is 45.6 Å². The van der Waals surface area contributed by atoms with Crippen LogP contribution in [0.1, 0.15) is 23.5 Å². The summed E-state index contributed by atoms with van der Waals surface area (Å²) in [5.41, 5.74) is 2.65. The minimum atomic E-state index is 0.309. The Bertz CT molecular complexity index is 659. The molecule has 2 unspecified atom stereocenters. The first kappa shape index (κ1) is 13.2. The molecule has 1 saturated carbocycles. The molecule has 3 nitrogen and oxygen atoms in total. The Morgan fingerprint density at radius 3 is 2.86 bits per heavy atom. The van der Waals surface area contributed by atoms with Crippen molar-refractivity contribution in [1.29, 1.82) is 0 Å². The molecule has 0 bridgehead atoms. The van der Waals surface area contributed by atoms with Gasteiger partial charge in [0.15, 0.2) is 11.5 Å². The number of hydrogen-bond donors (Lipinski definition) is 1. The summed E-state index contributed by atoms with van der Waals surface area (Å²) in [5, 5.41) is 3.62. The van der Waals surface area contributed by atoms with Gasteiger partial charge in [0.1, 0.15) is 0 Å².